The van der Waals surface area contributed by atoms with Gasteiger partial charge in [-0.2, -0.15) is 11.3 Å². The minimum Gasteiger partial charge on any atom is -0.374 e. The van der Waals surface area contributed by atoms with Crippen LogP contribution in [0.5, 0.6) is 0 Å². The first kappa shape index (κ1) is 17.0. The number of hydrogen-bond acceptors (Lipinski definition) is 4. The third kappa shape index (κ3) is 3.19. The summed E-state index contributed by atoms with van der Waals surface area (Å²) in [5, 5.41) is 3.77. The van der Waals surface area contributed by atoms with Gasteiger partial charge >= 0.3 is 0 Å². The summed E-state index contributed by atoms with van der Waals surface area (Å²) in [7, 11) is 0. The van der Waals surface area contributed by atoms with Gasteiger partial charge in [0.15, 0.2) is 5.67 Å². The largest absolute Gasteiger partial charge is 0.374 e. The van der Waals surface area contributed by atoms with Crippen molar-refractivity contribution in [2.45, 2.75) is 37.5 Å². The molecule has 2 amide bonds. The quantitative estimate of drug-likeness (QED) is 0.807. The maximum atomic E-state index is 14.4. The second-order valence-electron chi connectivity index (χ2n) is 7.29. The van der Waals surface area contributed by atoms with Crippen LogP contribution in [-0.4, -0.2) is 66.2 Å². The lowest BCUT2D eigenvalue weighted by molar-refractivity contribution is -0.155. The molecule has 0 unspecified atom stereocenters. The van der Waals surface area contributed by atoms with Crippen LogP contribution < -0.4 is 0 Å². The van der Waals surface area contributed by atoms with E-state index in [0.717, 1.165) is 18.4 Å². The Labute approximate surface area is 150 Å². The molecule has 1 aliphatic carbocycles. The maximum Gasteiger partial charge on any atom is 0.260 e. The van der Waals surface area contributed by atoms with E-state index < -0.39 is 5.67 Å². The van der Waals surface area contributed by atoms with Crippen LogP contribution in [0.15, 0.2) is 16.8 Å². The Morgan fingerprint density at radius 2 is 2.08 bits per heavy atom. The molecule has 3 aliphatic rings. The molecule has 5 nitrogen and oxygen atoms in total. The standard InChI is InChI=1S/C18H23FN2O3S/c19-18(4-1-5-18)17(23)21-6-2-13-10-20(7-8-24-15(13)11-21)16(22)14-3-9-25-12-14/h3,9,12-13,15H,1-2,4-8,10-11H2/t13-,15-/m1/s1. The van der Waals surface area contributed by atoms with E-state index in [9.17, 15) is 14.0 Å². The van der Waals surface area contributed by atoms with Crippen molar-refractivity contribution in [3.8, 4) is 0 Å². The van der Waals surface area contributed by atoms with Crippen LogP contribution in [0.25, 0.3) is 0 Å². The summed E-state index contributed by atoms with van der Waals surface area (Å²) in [6.07, 6.45) is 2.13. The van der Waals surface area contributed by atoms with Gasteiger partial charge in [0.25, 0.3) is 11.8 Å². The average molecular weight is 366 g/mol. The van der Waals surface area contributed by atoms with Crippen LogP contribution in [0, 0.1) is 5.92 Å². The Balaban J connectivity index is 1.40. The van der Waals surface area contributed by atoms with Gasteiger partial charge in [0, 0.05) is 37.5 Å². The molecule has 4 rings (SSSR count). The highest BCUT2D eigenvalue weighted by atomic mass is 32.1. The number of carbonyl (C=O) groups is 2. The molecule has 0 bridgehead atoms. The van der Waals surface area contributed by atoms with Crippen LogP contribution in [0.1, 0.15) is 36.0 Å². The van der Waals surface area contributed by atoms with E-state index in [1.807, 2.05) is 21.7 Å². The summed E-state index contributed by atoms with van der Waals surface area (Å²) in [4.78, 5) is 28.5. The van der Waals surface area contributed by atoms with Gasteiger partial charge < -0.3 is 14.5 Å². The average Bonchev–Trinajstić information content (AvgIpc) is 3.04. The Morgan fingerprint density at radius 1 is 1.24 bits per heavy atom. The van der Waals surface area contributed by atoms with Crippen molar-refractivity contribution < 1.29 is 18.7 Å². The molecule has 3 heterocycles. The van der Waals surface area contributed by atoms with Crippen molar-refractivity contribution in [1.29, 1.82) is 0 Å². The Morgan fingerprint density at radius 3 is 2.76 bits per heavy atom. The summed E-state index contributed by atoms with van der Waals surface area (Å²) < 4.78 is 20.4. The van der Waals surface area contributed by atoms with E-state index in [-0.39, 0.29) is 23.8 Å². The maximum absolute atomic E-state index is 14.4. The molecule has 3 fully saturated rings. The zero-order chi connectivity index (χ0) is 17.4. The smallest absolute Gasteiger partial charge is 0.260 e. The number of ether oxygens (including phenoxy) is 1. The summed E-state index contributed by atoms with van der Waals surface area (Å²) in [6.45, 7) is 2.65. The summed E-state index contributed by atoms with van der Waals surface area (Å²) in [6, 6.07) is 1.84. The first-order valence-electron chi connectivity index (χ1n) is 8.98. The van der Waals surface area contributed by atoms with Crippen molar-refractivity contribution >= 4 is 23.2 Å². The second kappa shape index (κ2) is 6.68. The molecule has 136 valence electrons. The third-order valence-electron chi connectivity index (χ3n) is 5.72. The highest BCUT2D eigenvalue weighted by molar-refractivity contribution is 7.08. The van der Waals surface area contributed by atoms with Crippen LogP contribution in [0.2, 0.25) is 0 Å². The molecular formula is C18H23FN2O3S. The van der Waals surface area contributed by atoms with Crippen molar-refractivity contribution in [3.63, 3.8) is 0 Å². The first-order valence-corrected chi connectivity index (χ1v) is 9.92. The minimum atomic E-state index is -1.64. The monoisotopic (exact) mass is 366 g/mol. The minimum absolute atomic E-state index is 0.0428. The van der Waals surface area contributed by atoms with Gasteiger partial charge in [-0.1, -0.05) is 0 Å². The summed E-state index contributed by atoms with van der Waals surface area (Å²) in [5.41, 5.74) is -0.918. The van der Waals surface area contributed by atoms with Crippen LogP contribution in [0.3, 0.4) is 0 Å². The first-order chi connectivity index (χ1) is 12.1. The zero-order valence-electron chi connectivity index (χ0n) is 14.2. The van der Waals surface area contributed by atoms with Crippen molar-refractivity contribution in [3.05, 3.63) is 22.4 Å². The lowest BCUT2D eigenvalue weighted by Crippen LogP contribution is -2.56. The fourth-order valence-electron chi connectivity index (χ4n) is 3.97. The number of halogens is 1. The van der Waals surface area contributed by atoms with Gasteiger partial charge in [-0.3, -0.25) is 9.59 Å². The van der Waals surface area contributed by atoms with E-state index in [2.05, 4.69) is 0 Å². The van der Waals surface area contributed by atoms with Gasteiger partial charge in [-0.05, 0) is 37.1 Å². The number of nitrogens with zero attached hydrogens (tertiary/aromatic N) is 2. The molecular weight excluding hydrogens is 343 g/mol. The van der Waals surface area contributed by atoms with Crippen molar-refractivity contribution in [1.82, 2.24) is 9.80 Å². The van der Waals surface area contributed by atoms with E-state index in [1.165, 1.54) is 11.3 Å². The molecule has 2 atom stereocenters. The molecule has 7 heteroatoms. The summed E-state index contributed by atoms with van der Waals surface area (Å²) in [5.74, 6) is -0.122. The van der Waals surface area contributed by atoms with E-state index in [4.69, 9.17) is 4.74 Å². The number of rotatable bonds is 2. The fourth-order valence-corrected chi connectivity index (χ4v) is 4.60. The van der Waals surface area contributed by atoms with Gasteiger partial charge in [0.05, 0.1) is 18.3 Å². The Bertz CT molecular complexity index is 647. The molecule has 2 saturated heterocycles. The highest BCUT2D eigenvalue weighted by Gasteiger charge is 2.48. The van der Waals surface area contributed by atoms with E-state index in [0.29, 0.717) is 45.6 Å². The number of likely N-dealkylation sites (tertiary alicyclic amines) is 1. The number of fused-ring (bicyclic) bond motifs is 1. The number of hydrogen-bond donors (Lipinski definition) is 0. The predicted molar refractivity (Wildman–Crippen MR) is 92.3 cm³/mol. The Kier molecular flexibility index (Phi) is 4.54. The number of alkyl halides is 1. The zero-order valence-corrected chi connectivity index (χ0v) is 15.0. The number of amides is 2. The normalized spacial score (nSPS) is 28.7. The van der Waals surface area contributed by atoms with Gasteiger partial charge in [0.1, 0.15) is 0 Å². The van der Waals surface area contributed by atoms with Crippen LogP contribution >= 0.6 is 11.3 Å². The lowest BCUT2D eigenvalue weighted by atomic mass is 9.80. The molecule has 1 saturated carbocycles. The predicted octanol–water partition coefficient (Wildman–Crippen LogP) is 2.33. The van der Waals surface area contributed by atoms with Crippen LogP contribution in [-0.2, 0) is 9.53 Å². The van der Waals surface area contributed by atoms with Crippen LogP contribution in [0.4, 0.5) is 4.39 Å². The topological polar surface area (TPSA) is 49.9 Å². The van der Waals surface area contributed by atoms with Crippen molar-refractivity contribution in [2.75, 3.05) is 32.8 Å². The second-order valence-corrected chi connectivity index (χ2v) is 8.07. The fraction of sp³-hybridized carbons (Fsp3) is 0.667. The molecule has 0 radical (unpaired) electrons. The number of thiophene rings is 1. The van der Waals surface area contributed by atoms with Gasteiger partial charge in [-0.25, -0.2) is 4.39 Å². The lowest BCUT2D eigenvalue weighted by Gasteiger charge is -2.42. The molecule has 1 aromatic rings. The van der Waals surface area contributed by atoms with E-state index >= 15 is 0 Å². The third-order valence-corrected chi connectivity index (χ3v) is 6.40. The molecule has 25 heavy (non-hydrogen) atoms. The molecule has 1 aromatic heterocycles. The SMILES string of the molecule is O=C(c1ccsc1)N1CCO[C@@H]2CN(C(=O)C3(F)CCC3)CC[C@@H]2C1. The summed E-state index contributed by atoms with van der Waals surface area (Å²) >= 11 is 1.51. The van der Waals surface area contributed by atoms with Gasteiger partial charge in [-0.15, -0.1) is 0 Å². The Hall–Kier alpha value is -1.47. The molecule has 0 aromatic carbocycles. The molecule has 0 spiro atoms. The molecule has 0 N–H and O–H groups in total. The molecule has 2 aliphatic heterocycles. The highest BCUT2D eigenvalue weighted by Crippen LogP contribution is 2.38. The number of piperidine rings is 1. The van der Waals surface area contributed by atoms with E-state index in [1.54, 1.807) is 4.90 Å². The number of carbonyl (C=O) groups excluding carboxylic acids is 2. The van der Waals surface area contributed by atoms with Gasteiger partial charge in [0.2, 0.25) is 0 Å². The van der Waals surface area contributed by atoms with Crippen molar-refractivity contribution in [2.24, 2.45) is 5.92 Å².